The molecule has 0 spiro atoms. The standard InChI is InChI=1S/C8H13N5O/c9-11-8(14)6-12-3-4-13-2-1-10-7(13)5-12/h1-2H,3-6,9H2,(H,11,14). The van der Waals surface area contributed by atoms with Gasteiger partial charge in [-0.3, -0.25) is 15.1 Å². The average molecular weight is 195 g/mol. The molecule has 0 saturated carbocycles. The molecule has 2 rings (SSSR count). The molecule has 0 aromatic carbocycles. The van der Waals surface area contributed by atoms with Crippen molar-refractivity contribution in [3.05, 3.63) is 18.2 Å². The fourth-order valence-electron chi connectivity index (χ4n) is 1.61. The normalized spacial score (nSPS) is 16.4. The fraction of sp³-hybridized carbons (Fsp3) is 0.500. The second-order valence-corrected chi connectivity index (χ2v) is 3.32. The van der Waals surface area contributed by atoms with Crippen LogP contribution in [0.3, 0.4) is 0 Å². The zero-order chi connectivity index (χ0) is 9.97. The average Bonchev–Trinajstić information content (AvgIpc) is 2.64. The molecule has 0 radical (unpaired) electrons. The van der Waals surface area contributed by atoms with Gasteiger partial charge in [0.05, 0.1) is 13.1 Å². The highest BCUT2D eigenvalue weighted by Gasteiger charge is 2.17. The Morgan fingerprint density at radius 3 is 3.29 bits per heavy atom. The van der Waals surface area contributed by atoms with E-state index in [2.05, 4.69) is 15.0 Å². The van der Waals surface area contributed by atoms with E-state index in [0.29, 0.717) is 13.1 Å². The SMILES string of the molecule is NNC(=O)CN1CCn2ccnc2C1. The fourth-order valence-corrected chi connectivity index (χ4v) is 1.61. The molecule has 0 atom stereocenters. The van der Waals surface area contributed by atoms with Crippen molar-refractivity contribution in [2.45, 2.75) is 13.1 Å². The number of hydrazine groups is 1. The van der Waals surface area contributed by atoms with E-state index in [9.17, 15) is 4.79 Å². The summed E-state index contributed by atoms with van der Waals surface area (Å²) in [5, 5.41) is 0. The van der Waals surface area contributed by atoms with Crippen LogP contribution in [0.4, 0.5) is 0 Å². The van der Waals surface area contributed by atoms with Crippen LogP contribution >= 0.6 is 0 Å². The van der Waals surface area contributed by atoms with Crippen LogP contribution in [0.15, 0.2) is 12.4 Å². The quantitative estimate of drug-likeness (QED) is 0.349. The number of carbonyl (C=O) groups excluding carboxylic acids is 1. The van der Waals surface area contributed by atoms with Crippen LogP contribution in [0.25, 0.3) is 0 Å². The number of amides is 1. The van der Waals surface area contributed by atoms with Gasteiger partial charge in [-0.2, -0.15) is 0 Å². The van der Waals surface area contributed by atoms with Crippen LogP contribution < -0.4 is 11.3 Å². The highest BCUT2D eigenvalue weighted by atomic mass is 16.2. The molecule has 0 unspecified atom stereocenters. The summed E-state index contributed by atoms with van der Waals surface area (Å²) in [4.78, 5) is 17.2. The van der Waals surface area contributed by atoms with Crippen molar-refractivity contribution in [1.82, 2.24) is 19.9 Å². The summed E-state index contributed by atoms with van der Waals surface area (Å²) in [5.74, 6) is 5.86. The molecule has 14 heavy (non-hydrogen) atoms. The number of imidazole rings is 1. The summed E-state index contributed by atoms with van der Waals surface area (Å²) < 4.78 is 2.09. The number of nitrogens with zero attached hydrogens (tertiary/aromatic N) is 3. The highest BCUT2D eigenvalue weighted by Crippen LogP contribution is 2.08. The lowest BCUT2D eigenvalue weighted by Gasteiger charge is -2.26. The molecule has 6 heteroatoms. The van der Waals surface area contributed by atoms with E-state index in [4.69, 9.17) is 5.84 Å². The Labute approximate surface area is 81.7 Å². The number of nitrogens with two attached hydrogens (primary N) is 1. The van der Waals surface area contributed by atoms with E-state index < -0.39 is 0 Å². The number of rotatable bonds is 2. The second-order valence-electron chi connectivity index (χ2n) is 3.32. The molecule has 1 amide bonds. The van der Waals surface area contributed by atoms with Gasteiger partial charge in [-0.25, -0.2) is 10.8 Å². The van der Waals surface area contributed by atoms with Crippen molar-refractivity contribution in [1.29, 1.82) is 0 Å². The number of aromatic nitrogens is 2. The van der Waals surface area contributed by atoms with E-state index in [1.165, 1.54) is 0 Å². The topological polar surface area (TPSA) is 76.2 Å². The molecule has 0 saturated heterocycles. The molecule has 0 aliphatic carbocycles. The Morgan fingerprint density at radius 1 is 1.64 bits per heavy atom. The van der Waals surface area contributed by atoms with E-state index in [1.807, 2.05) is 11.1 Å². The molecular formula is C8H13N5O. The number of nitrogens with one attached hydrogen (secondary N) is 1. The number of hydrogen-bond donors (Lipinski definition) is 2. The van der Waals surface area contributed by atoms with Gasteiger partial charge in [0, 0.05) is 25.5 Å². The zero-order valence-electron chi connectivity index (χ0n) is 7.81. The minimum Gasteiger partial charge on any atom is -0.333 e. The Morgan fingerprint density at radius 2 is 2.50 bits per heavy atom. The van der Waals surface area contributed by atoms with E-state index in [-0.39, 0.29) is 5.91 Å². The number of carbonyl (C=O) groups is 1. The molecule has 1 aliphatic heterocycles. The lowest BCUT2D eigenvalue weighted by atomic mass is 10.3. The first-order chi connectivity index (χ1) is 6.79. The molecule has 1 aromatic rings. The predicted molar refractivity (Wildman–Crippen MR) is 49.8 cm³/mol. The maximum atomic E-state index is 11.0. The van der Waals surface area contributed by atoms with Gasteiger partial charge in [-0.05, 0) is 0 Å². The maximum absolute atomic E-state index is 11.0. The Kier molecular flexibility index (Phi) is 2.47. The van der Waals surface area contributed by atoms with Crippen molar-refractivity contribution in [3.63, 3.8) is 0 Å². The van der Waals surface area contributed by atoms with Crippen LogP contribution in [-0.4, -0.2) is 33.4 Å². The largest absolute Gasteiger partial charge is 0.333 e. The van der Waals surface area contributed by atoms with Crippen molar-refractivity contribution in [2.75, 3.05) is 13.1 Å². The van der Waals surface area contributed by atoms with Gasteiger partial charge < -0.3 is 4.57 Å². The predicted octanol–water partition coefficient (Wildman–Crippen LogP) is -1.31. The summed E-state index contributed by atoms with van der Waals surface area (Å²) in [6.07, 6.45) is 3.73. The summed E-state index contributed by atoms with van der Waals surface area (Å²) >= 11 is 0. The first kappa shape index (κ1) is 9.17. The lowest BCUT2D eigenvalue weighted by molar-refractivity contribution is -0.122. The second kappa shape index (κ2) is 3.77. The van der Waals surface area contributed by atoms with Gasteiger partial charge in [0.15, 0.2) is 0 Å². The van der Waals surface area contributed by atoms with Crippen molar-refractivity contribution < 1.29 is 4.79 Å². The summed E-state index contributed by atoms with van der Waals surface area (Å²) in [7, 11) is 0. The third-order valence-electron chi connectivity index (χ3n) is 2.35. The molecule has 3 N–H and O–H groups in total. The highest BCUT2D eigenvalue weighted by molar-refractivity contribution is 5.77. The summed E-state index contributed by atoms with van der Waals surface area (Å²) in [6, 6.07) is 0. The first-order valence-electron chi connectivity index (χ1n) is 4.51. The minimum atomic E-state index is -0.162. The van der Waals surface area contributed by atoms with Crippen molar-refractivity contribution in [3.8, 4) is 0 Å². The van der Waals surface area contributed by atoms with Gasteiger partial charge in [0.2, 0.25) is 5.91 Å². The molecule has 1 aromatic heterocycles. The minimum absolute atomic E-state index is 0.162. The monoisotopic (exact) mass is 195 g/mol. The van der Waals surface area contributed by atoms with Gasteiger partial charge >= 0.3 is 0 Å². The molecule has 76 valence electrons. The van der Waals surface area contributed by atoms with E-state index >= 15 is 0 Å². The lowest BCUT2D eigenvalue weighted by Crippen LogP contribution is -2.43. The van der Waals surface area contributed by atoms with Gasteiger partial charge in [-0.15, -0.1) is 0 Å². The smallest absolute Gasteiger partial charge is 0.248 e. The Hall–Kier alpha value is -1.40. The number of hydrogen-bond acceptors (Lipinski definition) is 4. The van der Waals surface area contributed by atoms with Crippen molar-refractivity contribution >= 4 is 5.91 Å². The molecule has 0 fully saturated rings. The molecule has 0 bridgehead atoms. The summed E-state index contributed by atoms with van der Waals surface area (Å²) in [5.41, 5.74) is 2.12. The third kappa shape index (κ3) is 1.75. The van der Waals surface area contributed by atoms with Gasteiger partial charge in [0.1, 0.15) is 5.82 Å². The number of fused-ring (bicyclic) bond motifs is 1. The van der Waals surface area contributed by atoms with E-state index in [0.717, 1.165) is 18.9 Å². The van der Waals surface area contributed by atoms with Crippen LogP contribution in [0.2, 0.25) is 0 Å². The Bertz CT molecular complexity index is 334. The molecule has 6 nitrogen and oxygen atoms in total. The Balaban J connectivity index is 1.97. The van der Waals surface area contributed by atoms with Crippen LogP contribution in [-0.2, 0) is 17.9 Å². The van der Waals surface area contributed by atoms with Gasteiger partial charge in [0.25, 0.3) is 0 Å². The van der Waals surface area contributed by atoms with E-state index in [1.54, 1.807) is 6.20 Å². The molecular weight excluding hydrogens is 182 g/mol. The van der Waals surface area contributed by atoms with Gasteiger partial charge in [-0.1, -0.05) is 0 Å². The molecule has 1 aliphatic rings. The molecule has 2 heterocycles. The van der Waals surface area contributed by atoms with Crippen LogP contribution in [0.1, 0.15) is 5.82 Å². The summed E-state index contributed by atoms with van der Waals surface area (Å²) in [6.45, 7) is 2.79. The first-order valence-corrected chi connectivity index (χ1v) is 4.51. The van der Waals surface area contributed by atoms with Crippen LogP contribution in [0, 0.1) is 0 Å². The zero-order valence-corrected chi connectivity index (χ0v) is 7.81. The van der Waals surface area contributed by atoms with Crippen molar-refractivity contribution in [2.24, 2.45) is 5.84 Å². The third-order valence-corrected chi connectivity index (χ3v) is 2.35. The van der Waals surface area contributed by atoms with Crippen LogP contribution in [0.5, 0.6) is 0 Å². The maximum Gasteiger partial charge on any atom is 0.248 e.